The zero-order chi connectivity index (χ0) is 19.8. The van der Waals surface area contributed by atoms with Gasteiger partial charge in [-0.25, -0.2) is 4.79 Å². The number of rotatable bonds is 3. The predicted octanol–water partition coefficient (Wildman–Crippen LogP) is 4.54. The Morgan fingerprint density at radius 2 is 1.55 bits per heavy atom. The van der Waals surface area contributed by atoms with E-state index in [1.165, 1.54) is 0 Å². The van der Waals surface area contributed by atoms with Crippen LogP contribution in [0.1, 0.15) is 34.9 Å². The molecule has 0 amide bonds. The summed E-state index contributed by atoms with van der Waals surface area (Å²) in [5.74, 6) is -0.181. The third-order valence-electron chi connectivity index (χ3n) is 5.42. The summed E-state index contributed by atoms with van der Waals surface area (Å²) < 4.78 is 5.98. The van der Waals surface area contributed by atoms with Crippen LogP contribution in [0, 0.1) is 0 Å². The third-order valence-corrected chi connectivity index (χ3v) is 5.42. The van der Waals surface area contributed by atoms with Crippen LogP contribution < -0.4 is 5.32 Å². The van der Waals surface area contributed by atoms with Crippen molar-refractivity contribution in [1.29, 1.82) is 0 Å². The van der Waals surface area contributed by atoms with Gasteiger partial charge in [0.15, 0.2) is 0 Å². The van der Waals surface area contributed by atoms with Crippen LogP contribution in [0.5, 0.6) is 5.75 Å². The van der Waals surface area contributed by atoms with Crippen LogP contribution in [0.25, 0.3) is 10.9 Å². The van der Waals surface area contributed by atoms with Gasteiger partial charge >= 0.3 is 5.97 Å². The largest absolute Gasteiger partial charge is 0.508 e. The number of aromatic hydroxyl groups is 1. The molecule has 0 radical (unpaired) electrons. The van der Waals surface area contributed by atoms with E-state index in [2.05, 4.69) is 10.3 Å². The number of aromatic amines is 1. The molecule has 2 heterocycles. The number of carbonyl (C=O) groups excluding carboxylic acids is 1. The highest BCUT2D eigenvalue weighted by molar-refractivity contribution is 5.91. The van der Waals surface area contributed by atoms with Crippen molar-refractivity contribution in [3.05, 3.63) is 102 Å². The van der Waals surface area contributed by atoms with Gasteiger partial charge in [-0.3, -0.25) is 5.32 Å². The minimum Gasteiger partial charge on any atom is -0.508 e. The molecule has 1 aliphatic rings. The molecule has 3 N–H and O–H groups in total. The predicted molar refractivity (Wildman–Crippen MR) is 110 cm³/mol. The molecule has 5 nitrogen and oxygen atoms in total. The van der Waals surface area contributed by atoms with Gasteiger partial charge in [0.1, 0.15) is 17.9 Å². The summed E-state index contributed by atoms with van der Waals surface area (Å²) in [6.45, 7) is 0. The lowest BCUT2D eigenvalue weighted by Crippen LogP contribution is -2.43. The van der Waals surface area contributed by atoms with E-state index in [0.29, 0.717) is 0 Å². The van der Waals surface area contributed by atoms with Crippen LogP contribution in [0.2, 0.25) is 0 Å². The van der Waals surface area contributed by atoms with Crippen LogP contribution in [-0.4, -0.2) is 16.1 Å². The lowest BCUT2D eigenvalue weighted by Gasteiger charge is -2.37. The Morgan fingerprint density at radius 3 is 2.28 bits per heavy atom. The highest BCUT2D eigenvalue weighted by atomic mass is 16.5. The molecule has 1 aromatic heterocycles. The van der Waals surface area contributed by atoms with Gasteiger partial charge in [-0.05, 0) is 29.3 Å². The fourth-order valence-electron chi connectivity index (χ4n) is 4.02. The monoisotopic (exact) mass is 384 g/mol. The van der Waals surface area contributed by atoms with Gasteiger partial charge in [-0.1, -0.05) is 60.7 Å². The Bertz CT molecular complexity index is 1150. The summed E-state index contributed by atoms with van der Waals surface area (Å²) in [7, 11) is 0. The van der Waals surface area contributed by atoms with Gasteiger partial charge < -0.3 is 14.8 Å². The average Bonchev–Trinajstić information content (AvgIpc) is 3.17. The second-order valence-corrected chi connectivity index (χ2v) is 7.23. The summed E-state index contributed by atoms with van der Waals surface area (Å²) in [5.41, 5.74) is 3.60. The highest BCUT2D eigenvalue weighted by Gasteiger charge is 2.40. The van der Waals surface area contributed by atoms with E-state index in [9.17, 15) is 9.90 Å². The number of phenols is 1. The van der Waals surface area contributed by atoms with E-state index in [1.54, 1.807) is 24.4 Å². The number of phenolic OH excluding ortho intramolecular Hbond substituents is 1. The molecule has 3 atom stereocenters. The second-order valence-electron chi connectivity index (χ2n) is 7.23. The molecule has 0 spiro atoms. The number of H-pyrrole nitrogens is 1. The Morgan fingerprint density at radius 1 is 0.862 bits per heavy atom. The van der Waals surface area contributed by atoms with Crippen molar-refractivity contribution in [3.8, 4) is 5.75 Å². The van der Waals surface area contributed by atoms with Crippen LogP contribution in [-0.2, 0) is 9.53 Å². The van der Waals surface area contributed by atoms with E-state index in [1.807, 2.05) is 60.7 Å². The maximum absolute atomic E-state index is 13.0. The quantitative estimate of drug-likeness (QED) is 0.453. The zero-order valence-corrected chi connectivity index (χ0v) is 15.6. The SMILES string of the molecule is O=C1O[C@H](c2ccccc2)[C@H](c2ccccc2)N[C@H]1c1c[nH]c2ccc(O)cc12. The minimum atomic E-state index is -0.643. The smallest absolute Gasteiger partial charge is 0.328 e. The summed E-state index contributed by atoms with van der Waals surface area (Å²) in [5, 5.41) is 14.2. The molecule has 1 saturated heterocycles. The van der Waals surface area contributed by atoms with Crippen LogP contribution in [0.15, 0.2) is 85.1 Å². The van der Waals surface area contributed by atoms with Crippen molar-refractivity contribution < 1.29 is 14.6 Å². The highest BCUT2D eigenvalue weighted by Crippen LogP contribution is 2.40. The molecule has 29 heavy (non-hydrogen) atoms. The van der Waals surface area contributed by atoms with Crippen molar-refractivity contribution >= 4 is 16.9 Å². The number of nitrogens with one attached hydrogen (secondary N) is 2. The topological polar surface area (TPSA) is 74.3 Å². The number of fused-ring (bicyclic) bond motifs is 1. The molecule has 0 saturated carbocycles. The fraction of sp³-hybridized carbons (Fsp3) is 0.125. The van der Waals surface area contributed by atoms with Gasteiger partial charge in [-0.2, -0.15) is 0 Å². The summed E-state index contributed by atoms with van der Waals surface area (Å²) in [6.07, 6.45) is 1.37. The number of aromatic nitrogens is 1. The van der Waals surface area contributed by atoms with Gasteiger partial charge in [-0.15, -0.1) is 0 Å². The summed E-state index contributed by atoms with van der Waals surface area (Å²) in [6, 6.07) is 24.0. The fourth-order valence-corrected chi connectivity index (χ4v) is 4.02. The first kappa shape index (κ1) is 17.5. The molecule has 144 valence electrons. The molecule has 0 unspecified atom stereocenters. The Labute approximate surface area is 168 Å². The molecule has 0 aliphatic carbocycles. The Hall–Kier alpha value is -3.57. The minimum absolute atomic E-state index is 0.157. The van der Waals surface area contributed by atoms with Crippen molar-refractivity contribution in [1.82, 2.24) is 10.3 Å². The van der Waals surface area contributed by atoms with Crippen molar-refractivity contribution in [3.63, 3.8) is 0 Å². The maximum Gasteiger partial charge on any atom is 0.328 e. The lowest BCUT2D eigenvalue weighted by atomic mass is 9.91. The third kappa shape index (κ3) is 3.15. The van der Waals surface area contributed by atoms with E-state index in [0.717, 1.165) is 27.6 Å². The van der Waals surface area contributed by atoms with Crippen molar-refractivity contribution in [2.24, 2.45) is 0 Å². The number of ether oxygens (including phenoxy) is 1. The van der Waals surface area contributed by atoms with E-state index >= 15 is 0 Å². The number of esters is 1. The zero-order valence-electron chi connectivity index (χ0n) is 15.6. The van der Waals surface area contributed by atoms with Gasteiger partial charge in [0.05, 0.1) is 6.04 Å². The lowest BCUT2D eigenvalue weighted by molar-refractivity contribution is -0.161. The van der Waals surface area contributed by atoms with Crippen molar-refractivity contribution in [2.75, 3.05) is 0 Å². The number of hydrogen-bond acceptors (Lipinski definition) is 4. The molecule has 5 rings (SSSR count). The second kappa shape index (κ2) is 7.11. The molecule has 3 aromatic carbocycles. The molecule has 1 aliphatic heterocycles. The molecule has 4 aromatic rings. The first-order chi connectivity index (χ1) is 14.2. The maximum atomic E-state index is 13.0. The van der Waals surface area contributed by atoms with Crippen LogP contribution in [0.4, 0.5) is 0 Å². The number of carbonyl (C=O) groups is 1. The molecule has 5 heteroatoms. The Balaban J connectivity index is 1.58. The molecular formula is C24H20N2O3. The number of hydrogen-bond donors (Lipinski definition) is 3. The van der Waals surface area contributed by atoms with Crippen LogP contribution in [0.3, 0.4) is 0 Å². The standard InChI is InChI=1S/C24H20N2O3/c27-17-11-12-20-18(13-17)19(14-25-20)22-24(28)29-23(16-9-5-2-6-10-16)21(26-22)15-7-3-1-4-8-15/h1-14,21-23,25-27H/t21-,22-,23+/m0/s1. The summed E-state index contributed by atoms with van der Waals surface area (Å²) >= 11 is 0. The first-order valence-electron chi connectivity index (χ1n) is 9.57. The normalized spacial score (nSPS) is 21.8. The van der Waals surface area contributed by atoms with E-state index < -0.39 is 12.1 Å². The number of benzene rings is 3. The molecular weight excluding hydrogens is 364 g/mol. The average molecular weight is 384 g/mol. The van der Waals surface area contributed by atoms with Gasteiger partial charge in [0.25, 0.3) is 0 Å². The molecule has 0 bridgehead atoms. The van der Waals surface area contributed by atoms with E-state index in [-0.39, 0.29) is 17.8 Å². The summed E-state index contributed by atoms with van der Waals surface area (Å²) in [4.78, 5) is 16.2. The Kier molecular flexibility index (Phi) is 4.30. The number of morpholine rings is 1. The van der Waals surface area contributed by atoms with E-state index in [4.69, 9.17) is 4.74 Å². The molecule has 1 fully saturated rings. The van der Waals surface area contributed by atoms with Gasteiger partial charge in [0, 0.05) is 22.7 Å². The number of cyclic esters (lactones) is 1. The van der Waals surface area contributed by atoms with Gasteiger partial charge in [0.2, 0.25) is 0 Å². The van der Waals surface area contributed by atoms with Crippen LogP contribution >= 0.6 is 0 Å². The first-order valence-corrected chi connectivity index (χ1v) is 9.57. The van der Waals surface area contributed by atoms with Crippen molar-refractivity contribution in [2.45, 2.75) is 18.2 Å².